The quantitative estimate of drug-likeness (QED) is 0.176. The van der Waals surface area contributed by atoms with E-state index in [1.807, 2.05) is 78.9 Å². The largest absolute Gasteiger partial charge is 0.455 e. The molecule has 0 saturated carbocycles. The Bertz CT molecular complexity index is 3410. The molecule has 0 spiro atoms. The molecule has 6 heteroatoms. The fraction of sp³-hybridized carbons (Fsp3) is 0. The molecule has 0 aliphatic carbocycles. The second-order valence-electron chi connectivity index (χ2n) is 14.3. The molecule has 8 aromatic carbocycles. The zero-order valence-electron chi connectivity index (χ0n) is 30.4. The molecule has 6 nitrogen and oxygen atoms in total. The molecule has 0 amide bonds. The number of furan rings is 2. The minimum absolute atomic E-state index is 0.548. The third-order valence-corrected chi connectivity index (χ3v) is 11.1. The summed E-state index contributed by atoms with van der Waals surface area (Å²) in [6.45, 7) is 0. The lowest BCUT2D eigenvalue weighted by Gasteiger charge is -2.08. The van der Waals surface area contributed by atoms with Crippen molar-refractivity contribution in [3.05, 3.63) is 182 Å². The van der Waals surface area contributed by atoms with Gasteiger partial charge in [0, 0.05) is 60.8 Å². The van der Waals surface area contributed by atoms with Gasteiger partial charge in [0.15, 0.2) is 17.5 Å². The number of hydrogen-bond acceptors (Lipinski definition) is 5. The van der Waals surface area contributed by atoms with Gasteiger partial charge in [0.1, 0.15) is 22.3 Å². The van der Waals surface area contributed by atoms with Crippen LogP contribution in [0.15, 0.2) is 191 Å². The highest BCUT2D eigenvalue weighted by Gasteiger charge is 2.22. The van der Waals surface area contributed by atoms with E-state index < -0.39 is 0 Å². The van der Waals surface area contributed by atoms with Crippen LogP contribution in [0.4, 0.5) is 0 Å². The summed E-state index contributed by atoms with van der Waals surface area (Å²) in [6.07, 6.45) is 0. The van der Waals surface area contributed by atoms with Crippen LogP contribution in [0.5, 0.6) is 0 Å². The average Bonchev–Trinajstić information content (AvgIpc) is 3.96. The van der Waals surface area contributed by atoms with Crippen LogP contribution < -0.4 is 0 Å². The zero-order valence-corrected chi connectivity index (χ0v) is 30.4. The third-order valence-electron chi connectivity index (χ3n) is 11.1. The lowest BCUT2D eigenvalue weighted by Crippen LogP contribution is -2.00. The first kappa shape index (κ1) is 31.5. The smallest absolute Gasteiger partial charge is 0.167 e. The number of benzene rings is 8. The van der Waals surface area contributed by atoms with Gasteiger partial charge in [-0.3, -0.25) is 0 Å². The Kier molecular flexibility index (Phi) is 6.83. The fourth-order valence-corrected chi connectivity index (χ4v) is 8.52. The van der Waals surface area contributed by atoms with E-state index in [2.05, 4.69) is 108 Å². The molecular weight excluding hydrogens is 701 g/mol. The number of rotatable bonds is 5. The highest BCUT2D eigenvalue weighted by Crippen LogP contribution is 2.44. The summed E-state index contributed by atoms with van der Waals surface area (Å²) in [6, 6.07) is 62.6. The Morgan fingerprint density at radius 1 is 0.351 bits per heavy atom. The Hall–Kier alpha value is -7.83. The molecule has 0 radical (unpaired) electrons. The van der Waals surface area contributed by atoms with Crippen LogP contribution in [0, 0.1) is 0 Å². The molecule has 0 saturated heterocycles. The van der Waals surface area contributed by atoms with E-state index in [1.165, 1.54) is 10.8 Å². The maximum absolute atomic E-state index is 6.87. The monoisotopic (exact) mass is 730 g/mol. The minimum Gasteiger partial charge on any atom is -0.455 e. The average molecular weight is 731 g/mol. The molecule has 266 valence electrons. The first-order chi connectivity index (χ1) is 28.3. The van der Waals surface area contributed by atoms with E-state index in [4.69, 9.17) is 23.8 Å². The van der Waals surface area contributed by atoms with Crippen LogP contribution in [0.1, 0.15) is 0 Å². The lowest BCUT2D eigenvalue weighted by molar-refractivity contribution is 0.669. The Balaban J connectivity index is 1.04. The van der Waals surface area contributed by atoms with Gasteiger partial charge >= 0.3 is 0 Å². The number of nitrogens with zero attached hydrogens (tertiary/aromatic N) is 4. The summed E-state index contributed by atoms with van der Waals surface area (Å²) in [4.78, 5) is 15.0. The van der Waals surface area contributed by atoms with Gasteiger partial charge < -0.3 is 13.4 Å². The summed E-state index contributed by atoms with van der Waals surface area (Å²) in [5.41, 5.74) is 11.2. The van der Waals surface area contributed by atoms with E-state index in [0.717, 1.165) is 88.4 Å². The normalized spacial score (nSPS) is 11.9. The van der Waals surface area contributed by atoms with Crippen molar-refractivity contribution >= 4 is 65.7 Å². The third kappa shape index (κ3) is 4.87. The lowest BCUT2D eigenvalue weighted by atomic mass is 9.97. The van der Waals surface area contributed by atoms with Crippen molar-refractivity contribution in [3.63, 3.8) is 0 Å². The summed E-state index contributed by atoms with van der Waals surface area (Å²) in [5, 5.41) is 6.58. The first-order valence-electron chi connectivity index (χ1n) is 19.0. The molecule has 0 aliphatic heterocycles. The second kappa shape index (κ2) is 12.3. The van der Waals surface area contributed by atoms with Gasteiger partial charge in [-0.25, -0.2) is 15.0 Å². The maximum Gasteiger partial charge on any atom is 0.167 e. The zero-order chi connectivity index (χ0) is 37.5. The topological polar surface area (TPSA) is 69.9 Å². The van der Waals surface area contributed by atoms with Crippen LogP contribution in [0.3, 0.4) is 0 Å². The van der Waals surface area contributed by atoms with Gasteiger partial charge in [-0.05, 0) is 42.0 Å². The Morgan fingerprint density at radius 2 is 0.877 bits per heavy atom. The van der Waals surface area contributed by atoms with Crippen molar-refractivity contribution in [2.75, 3.05) is 0 Å². The van der Waals surface area contributed by atoms with Crippen molar-refractivity contribution in [1.29, 1.82) is 0 Å². The molecule has 0 N–H and O–H groups in total. The molecule has 0 atom stereocenters. The van der Waals surface area contributed by atoms with Crippen LogP contribution in [0.25, 0.3) is 117 Å². The van der Waals surface area contributed by atoms with E-state index in [1.54, 1.807) is 0 Å². The summed E-state index contributed by atoms with van der Waals surface area (Å²) >= 11 is 0. The molecule has 0 unspecified atom stereocenters. The van der Waals surface area contributed by atoms with Crippen molar-refractivity contribution < 1.29 is 8.83 Å². The van der Waals surface area contributed by atoms with Gasteiger partial charge in [0.25, 0.3) is 0 Å². The number of hydrogen-bond donors (Lipinski definition) is 0. The number of fused-ring (bicyclic) bond motifs is 9. The maximum atomic E-state index is 6.87. The van der Waals surface area contributed by atoms with E-state index in [0.29, 0.717) is 17.5 Å². The SMILES string of the molecule is c1ccc(-c2nc(-c3ccccc3)nc(-c3cccc4c3oc3cccc(-c5cccc6c5oc5cc(-n7c8ccccc8c8ccccc87)ccc56)c34)n2)cc1. The van der Waals surface area contributed by atoms with Crippen LogP contribution in [-0.4, -0.2) is 19.5 Å². The fourth-order valence-electron chi connectivity index (χ4n) is 8.52. The van der Waals surface area contributed by atoms with Gasteiger partial charge in [-0.2, -0.15) is 0 Å². The molecule has 12 aromatic rings. The molecule has 4 aromatic heterocycles. The van der Waals surface area contributed by atoms with Gasteiger partial charge in [-0.1, -0.05) is 140 Å². The Morgan fingerprint density at radius 3 is 1.58 bits per heavy atom. The molecule has 0 bridgehead atoms. The van der Waals surface area contributed by atoms with Gasteiger partial charge in [-0.15, -0.1) is 0 Å². The number of para-hydroxylation sites is 4. The molecule has 57 heavy (non-hydrogen) atoms. The van der Waals surface area contributed by atoms with Crippen LogP contribution in [-0.2, 0) is 0 Å². The predicted octanol–water partition coefficient (Wildman–Crippen LogP) is 13.4. The standard InChI is InChI=1S/C51H30N4O2/c1-3-14-31(15-4-1)49-52-50(32-16-5-2-6-17-32)54-51(53-49)41-24-12-23-40-46-37(20-13-27-44(46)56-48(40)41)39-22-11-21-38-36-29-28-33(30-45(36)57-47(38)39)55-42-25-9-7-18-34(42)35-19-8-10-26-43(35)55/h1-30H. The molecule has 0 aliphatic rings. The summed E-state index contributed by atoms with van der Waals surface area (Å²) in [7, 11) is 0. The van der Waals surface area contributed by atoms with Gasteiger partial charge in [0.2, 0.25) is 0 Å². The highest BCUT2D eigenvalue weighted by molar-refractivity contribution is 6.19. The number of aromatic nitrogens is 4. The molecule has 4 heterocycles. The second-order valence-corrected chi connectivity index (χ2v) is 14.3. The molecule has 0 fully saturated rings. The van der Waals surface area contributed by atoms with Gasteiger partial charge in [0.05, 0.1) is 16.6 Å². The van der Waals surface area contributed by atoms with Crippen molar-refractivity contribution in [2.45, 2.75) is 0 Å². The first-order valence-corrected chi connectivity index (χ1v) is 19.0. The molecule has 12 rings (SSSR count). The van der Waals surface area contributed by atoms with Crippen LogP contribution >= 0.6 is 0 Å². The van der Waals surface area contributed by atoms with E-state index in [-0.39, 0.29) is 0 Å². The van der Waals surface area contributed by atoms with Crippen molar-refractivity contribution in [1.82, 2.24) is 19.5 Å². The van der Waals surface area contributed by atoms with Crippen LogP contribution in [0.2, 0.25) is 0 Å². The summed E-state index contributed by atoms with van der Waals surface area (Å²) < 4.78 is 16.0. The highest BCUT2D eigenvalue weighted by atomic mass is 16.3. The van der Waals surface area contributed by atoms with Crippen molar-refractivity contribution in [3.8, 4) is 51.0 Å². The molecular formula is C51H30N4O2. The predicted molar refractivity (Wildman–Crippen MR) is 230 cm³/mol. The van der Waals surface area contributed by atoms with E-state index in [9.17, 15) is 0 Å². The van der Waals surface area contributed by atoms with E-state index >= 15 is 0 Å². The minimum atomic E-state index is 0.548. The van der Waals surface area contributed by atoms with Crippen molar-refractivity contribution in [2.24, 2.45) is 0 Å². The Labute approximate surface area is 325 Å². The summed E-state index contributed by atoms with van der Waals surface area (Å²) in [5.74, 6) is 1.75.